The fourth-order valence-corrected chi connectivity index (χ4v) is 2.42. The first-order chi connectivity index (χ1) is 8.49. The average molecular weight is 247 g/mol. The predicted molar refractivity (Wildman–Crippen MR) is 71.7 cm³/mol. The molecule has 3 nitrogen and oxygen atoms in total. The number of carbonyl (C=O) groups is 1. The topological polar surface area (TPSA) is 40.5 Å². The first-order valence-electron chi connectivity index (χ1n) is 6.58. The van der Waals surface area contributed by atoms with Gasteiger partial charge in [-0.25, -0.2) is 0 Å². The molecule has 0 radical (unpaired) electrons. The number of phenolic OH excluding ortho intramolecular Hbond substituents is 1. The van der Waals surface area contributed by atoms with Crippen LogP contribution in [-0.2, 0) is 0 Å². The average Bonchev–Trinajstić information content (AvgIpc) is 2.35. The lowest BCUT2D eigenvalue weighted by Crippen LogP contribution is -2.42. The molecule has 0 spiro atoms. The highest BCUT2D eigenvalue weighted by Gasteiger charge is 2.26. The SMILES string of the molecule is Cc1cc(C(=O)N2CCC(C)C(C)C2)ccc1O. The van der Waals surface area contributed by atoms with Crippen LogP contribution < -0.4 is 0 Å². The summed E-state index contributed by atoms with van der Waals surface area (Å²) in [6.45, 7) is 7.93. The summed E-state index contributed by atoms with van der Waals surface area (Å²) in [6.07, 6.45) is 1.07. The number of aryl methyl sites for hydroxylation is 1. The molecular formula is C15H21NO2. The van der Waals surface area contributed by atoms with E-state index in [1.807, 2.05) is 11.8 Å². The quantitative estimate of drug-likeness (QED) is 0.829. The number of hydrogen-bond donors (Lipinski definition) is 1. The van der Waals surface area contributed by atoms with Gasteiger partial charge in [0.1, 0.15) is 5.75 Å². The molecule has 1 aromatic rings. The molecule has 1 fully saturated rings. The second-order valence-electron chi connectivity index (χ2n) is 5.50. The summed E-state index contributed by atoms with van der Waals surface area (Å²) in [5.41, 5.74) is 1.42. The third-order valence-electron chi connectivity index (χ3n) is 4.07. The van der Waals surface area contributed by atoms with E-state index in [-0.39, 0.29) is 11.7 Å². The van der Waals surface area contributed by atoms with Gasteiger partial charge in [0.15, 0.2) is 0 Å². The minimum atomic E-state index is 0.0804. The first kappa shape index (κ1) is 12.9. The van der Waals surface area contributed by atoms with E-state index < -0.39 is 0 Å². The van der Waals surface area contributed by atoms with Gasteiger partial charge in [0, 0.05) is 18.7 Å². The molecular weight excluding hydrogens is 226 g/mol. The largest absolute Gasteiger partial charge is 0.508 e. The van der Waals surface area contributed by atoms with Crippen molar-refractivity contribution in [3.8, 4) is 5.75 Å². The van der Waals surface area contributed by atoms with Crippen molar-refractivity contribution in [1.82, 2.24) is 4.90 Å². The number of rotatable bonds is 1. The van der Waals surface area contributed by atoms with Crippen LogP contribution in [0.15, 0.2) is 18.2 Å². The lowest BCUT2D eigenvalue weighted by Gasteiger charge is -2.35. The zero-order valence-corrected chi connectivity index (χ0v) is 11.3. The Hall–Kier alpha value is -1.51. The molecule has 1 saturated heterocycles. The molecule has 18 heavy (non-hydrogen) atoms. The standard InChI is InChI=1S/C15H21NO2/c1-10-6-7-16(9-12(10)3)15(18)13-4-5-14(17)11(2)8-13/h4-5,8,10,12,17H,6-7,9H2,1-3H3. The number of carbonyl (C=O) groups excluding carboxylic acids is 1. The Morgan fingerprint density at radius 3 is 2.67 bits per heavy atom. The van der Waals surface area contributed by atoms with Crippen molar-refractivity contribution in [2.45, 2.75) is 27.2 Å². The molecule has 1 heterocycles. The summed E-state index contributed by atoms with van der Waals surface area (Å²) in [5, 5.41) is 9.49. The highest BCUT2D eigenvalue weighted by molar-refractivity contribution is 5.94. The summed E-state index contributed by atoms with van der Waals surface area (Å²) in [6, 6.07) is 5.06. The van der Waals surface area contributed by atoms with E-state index >= 15 is 0 Å². The zero-order valence-electron chi connectivity index (χ0n) is 11.3. The molecule has 2 atom stereocenters. The van der Waals surface area contributed by atoms with E-state index in [9.17, 15) is 9.90 Å². The van der Waals surface area contributed by atoms with Crippen molar-refractivity contribution in [2.24, 2.45) is 11.8 Å². The molecule has 2 unspecified atom stereocenters. The molecule has 3 heteroatoms. The summed E-state index contributed by atoms with van der Waals surface area (Å²) in [7, 11) is 0. The monoisotopic (exact) mass is 247 g/mol. The maximum absolute atomic E-state index is 12.4. The van der Waals surface area contributed by atoms with E-state index in [4.69, 9.17) is 0 Å². The van der Waals surface area contributed by atoms with Gasteiger partial charge in [-0.15, -0.1) is 0 Å². The van der Waals surface area contributed by atoms with Crippen LogP contribution in [0.1, 0.15) is 36.2 Å². The number of nitrogens with zero attached hydrogens (tertiary/aromatic N) is 1. The van der Waals surface area contributed by atoms with Crippen LogP contribution in [0.25, 0.3) is 0 Å². The normalized spacial score (nSPS) is 24.1. The zero-order chi connectivity index (χ0) is 13.3. The Bertz CT molecular complexity index is 456. The van der Waals surface area contributed by atoms with Crippen molar-refractivity contribution < 1.29 is 9.90 Å². The minimum Gasteiger partial charge on any atom is -0.508 e. The van der Waals surface area contributed by atoms with Crippen LogP contribution in [0.2, 0.25) is 0 Å². The first-order valence-corrected chi connectivity index (χ1v) is 6.58. The summed E-state index contributed by atoms with van der Waals surface area (Å²) < 4.78 is 0. The number of phenols is 1. The Morgan fingerprint density at radius 2 is 2.06 bits per heavy atom. The van der Waals surface area contributed by atoms with Crippen molar-refractivity contribution in [2.75, 3.05) is 13.1 Å². The third kappa shape index (κ3) is 2.50. The van der Waals surface area contributed by atoms with Gasteiger partial charge in [-0.1, -0.05) is 13.8 Å². The molecule has 1 aromatic carbocycles. The molecule has 1 aliphatic rings. The van der Waals surface area contributed by atoms with Crippen LogP contribution >= 0.6 is 0 Å². The maximum Gasteiger partial charge on any atom is 0.253 e. The Kier molecular flexibility index (Phi) is 3.60. The van der Waals surface area contributed by atoms with E-state index in [2.05, 4.69) is 13.8 Å². The minimum absolute atomic E-state index is 0.0804. The van der Waals surface area contributed by atoms with E-state index in [1.54, 1.807) is 18.2 Å². The van der Waals surface area contributed by atoms with Crippen LogP contribution in [0, 0.1) is 18.8 Å². The van der Waals surface area contributed by atoms with Crippen molar-refractivity contribution in [1.29, 1.82) is 0 Å². The highest BCUT2D eigenvalue weighted by atomic mass is 16.3. The molecule has 0 saturated carbocycles. The molecule has 1 amide bonds. The van der Waals surface area contributed by atoms with E-state index in [0.29, 0.717) is 17.4 Å². The lowest BCUT2D eigenvalue weighted by atomic mass is 9.88. The molecule has 0 aromatic heterocycles. The van der Waals surface area contributed by atoms with Gasteiger partial charge in [0.2, 0.25) is 0 Å². The third-order valence-corrected chi connectivity index (χ3v) is 4.07. The Morgan fingerprint density at radius 1 is 1.33 bits per heavy atom. The Balaban J connectivity index is 2.14. The van der Waals surface area contributed by atoms with Gasteiger partial charge in [0.25, 0.3) is 5.91 Å². The maximum atomic E-state index is 12.4. The van der Waals surface area contributed by atoms with Gasteiger partial charge in [0.05, 0.1) is 0 Å². The lowest BCUT2D eigenvalue weighted by molar-refractivity contribution is 0.0627. The van der Waals surface area contributed by atoms with Gasteiger partial charge >= 0.3 is 0 Å². The van der Waals surface area contributed by atoms with Gasteiger partial charge < -0.3 is 10.0 Å². The van der Waals surface area contributed by atoms with Crippen LogP contribution in [0.3, 0.4) is 0 Å². The molecule has 0 aliphatic carbocycles. The number of hydrogen-bond acceptors (Lipinski definition) is 2. The van der Waals surface area contributed by atoms with Crippen molar-refractivity contribution in [3.05, 3.63) is 29.3 Å². The van der Waals surface area contributed by atoms with Gasteiger partial charge in [-0.05, 0) is 48.9 Å². The number of piperidine rings is 1. The predicted octanol–water partition coefficient (Wildman–Crippen LogP) is 2.82. The molecule has 1 N–H and O–H groups in total. The van der Waals surface area contributed by atoms with Gasteiger partial charge in [-0.2, -0.15) is 0 Å². The number of amides is 1. The number of benzene rings is 1. The fourth-order valence-electron chi connectivity index (χ4n) is 2.42. The van der Waals surface area contributed by atoms with E-state index in [1.165, 1.54) is 0 Å². The fraction of sp³-hybridized carbons (Fsp3) is 0.533. The second kappa shape index (κ2) is 5.01. The highest BCUT2D eigenvalue weighted by Crippen LogP contribution is 2.24. The van der Waals surface area contributed by atoms with Gasteiger partial charge in [-0.3, -0.25) is 4.79 Å². The summed E-state index contributed by atoms with van der Waals surface area (Å²) in [4.78, 5) is 14.3. The van der Waals surface area contributed by atoms with Crippen molar-refractivity contribution in [3.63, 3.8) is 0 Å². The van der Waals surface area contributed by atoms with Crippen LogP contribution in [0.4, 0.5) is 0 Å². The van der Waals surface area contributed by atoms with E-state index in [0.717, 1.165) is 25.1 Å². The number of aromatic hydroxyl groups is 1. The van der Waals surface area contributed by atoms with Crippen LogP contribution in [0.5, 0.6) is 5.75 Å². The summed E-state index contributed by atoms with van der Waals surface area (Å²) >= 11 is 0. The molecule has 2 rings (SSSR count). The Labute approximate surface area is 108 Å². The van der Waals surface area contributed by atoms with Crippen molar-refractivity contribution >= 4 is 5.91 Å². The molecule has 0 bridgehead atoms. The van der Waals surface area contributed by atoms with Crippen LogP contribution in [-0.4, -0.2) is 29.0 Å². The molecule has 98 valence electrons. The smallest absolute Gasteiger partial charge is 0.253 e. The molecule has 1 aliphatic heterocycles. The number of likely N-dealkylation sites (tertiary alicyclic amines) is 1. The summed E-state index contributed by atoms with van der Waals surface area (Å²) in [5.74, 6) is 1.57. The second-order valence-corrected chi connectivity index (χ2v) is 5.50.